The summed E-state index contributed by atoms with van der Waals surface area (Å²) >= 11 is 3.27. The van der Waals surface area contributed by atoms with Crippen molar-refractivity contribution >= 4 is 33.6 Å². The highest BCUT2D eigenvalue weighted by Crippen LogP contribution is 2.18. The quantitative estimate of drug-likeness (QED) is 0.754. The predicted octanol–water partition coefficient (Wildman–Crippen LogP) is 1.01. The van der Waals surface area contributed by atoms with E-state index in [-0.39, 0.29) is 18.4 Å². The van der Waals surface area contributed by atoms with E-state index in [4.69, 9.17) is 5.73 Å². The summed E-state index contributed by atoms with van der Waals surface area (Å²) in [6, 6.07) is 0. The normalized spacial score (nSPS) is 10.4. The van der Waals surface area contributed by atoms with Crippen LogP contribution in [0.2, 0.25) is 0 Å². The first-order valence-electron chi connectivity index (χ1n) is 5.27. The van der Waals surface area contributed by atoms with Gasteiger partial charge in [-0.1, -0.05) is 13.8 Å². The van der Waals surface area contributed by atoms with Crippen LogP contribution in [0.4, 0.5) is 11.8 Å². The first-order chi connectivity index (χ1) is 7.99. The van der Waals surface area contributed by atoms with Crippen LogP contribution in [0, 0.1) is 5.92 Å². The van der Waals surface area contributed by atoms with Gasteiger partial charge in [0.15, 0.2) is 0 Å². The minimum absolute atomic E-state index is 0.0808. The van der Waals surface area contributed by atoms with E-state index in [9.17, 15) is 4.79 Å². The van der Waals surface area contributed by atoms with E-state index >= 15 is 0 Å². The number of amides is 1. The fourth-order valence-corrected chi connectivity index (χ4v) is 1.38. The zero-order valence-corrected chi connectivity index (χ0v) is 11.4. The number of hydrogen-bond donors (Lipinski definition) is 3. The molecule has 1 heterocycles. The molecular formula is C10H16BrN5O. The number of nitrogens with one attached hydrogen (secondary N) is 2. The lowest BCUT2D eigenvalue weighted by molar-refractivity contribution is -0.119. The molecule has 0 unspecified atom stereocenters. The summed E-state index contributed by atoms with van der Waals surface area (Å²) in [6.45, 7) is 4.89. The molecule has 0 fully saturated rings. The highest BCUT2D eigenvalue weighted by Gasteiger charge is 2.06. The second kappa shape index (κ2) is 6.39. The van der Waals surface area contributed by atoms with E-state index in [0.717, 1.165) is 0 Å². The van der Waals surface area contributed by atoms with Crippen LogP contribution in [0.5, 0.6) is 0 Å². The molecule has 0 saturated heterocycles. The molecule has 0 saturated carbocycles. The standard InChI is InChI=1S/C10H16BrN5O/c1-6(2)3-13-8(17)5-14-9-7(11)4-15-10(12)16-9/h4,6H,3,5H2,1-2H3,(H,13,17)(H3,12,14,15,16). The average Bonchev–Trinajstić information content (AvgIpc) is 2.27. The van der Waals surface area contributed by atoms with E-state index in [2.05, 4.69) is 36.5 Å². The molecule has 0 aliphatic heterocycles. The van der Waals surface area contributed by atoms with E-state index in [1.807, 2.05) is 13.8 Å². The average molecular weight is 302 g/mol. The topological polar surface area (TPSA) is 92.9 Å². The smallest absolute Gasteiger partial charge is 0.239 e. The molecule has 0 bridgehead atoms. The molecule has 1 rings (SSSR count). The van der Waals surface area contributed by atoms with Gasteiger partial charge in [-0.25, -0.2) is 4.98 Å². The Morgan fingerprint density at radius 2 is 2.29 bits per heavy atom. The molecule has 1 amide bonds. The second-order valence-electron chi connectivity index (χ2n) is 3.98. The van der Waals surface area contributed by atoms with Crippen molar-refractivity contribution < 1.29 is 4.79 Å². The van der Waals surface area contributed by atoms with Crippen molar-refractivity contribution in [3.8, 4) is 0 Å². The van der Waals surface area contributed by atoms with Gasteiger partial charge in [-0.15, -0.1) is 0 Å². The lowest BCUT2D eigenvalue weighted by Crippen LogP contribution is -2.32. The minimum atomic E-state index is -0.0808. The van der Waals surface area contributed by atoms with Crippen LogP contribution in [-0.2, 0) is 4.79 Å². The monoisotopic (exact) mass is 301 g/mol. The summed E-state index contributed by atoms with van der Waals surface area (Å²) in [5.74, 6) is 1.03. The molecule has 94 valence electrons. The Morgan fingerprint density at radius 1 is 1.59 bits per heavy atom. The van der Waals surface area contributed by atoms with Crippen LogP contribution in [-0.4, -0.2) is 29.0 Å². The summed E-state index contributed by atoms with van der Waals surface area (Å²) in [6.07, 6.45) is 1.54. The first kappa shape index (κ1) is 13.7. The maximum atomic E-state index is 11.5. The zero-order chi connectivity index (χ0) is 12.8. The van der Waals surface area contributed by atoms with Crippen LogP contribution >= 0.6 is 15.9 Å². The van der Waals surface area contributed by atoms with Crippen LogP contribution in [0.3, 0.4) is 0 Å². The summed E-state index contributed by atoms with van der Waals surface area (Å²) < 4.78 is 0.670. The molecule has 0 spiro atoms. The summed E-state index contributed by atoms with van der Waals surface area (Å²) in [4.78, 5) is 19.2. The van der Waals surface area contributed by atoms with Crippen LogP contribution < -0.4 is 16.4 Å². The molecule has 0 aromatic carbocycles. The Kier molecular flexibility index (Phi) is 5.14. The minimum Gasteiger partial charge on any atom is -0.368 e. The lowest BCUT2D eigenvalue weighted by atomic mass is 10.2. The molecule has 0 aliphatic rings. The third kappa shape index (κ3) is 4.99. The van der Waals surface area contributed by atoms with Crippen molar-refractivity contribution in [1.29, 1.82) is 0 Å². The maximum Gasteiger partial charge on any atom is 0.239 e. The number of rotatable bonds is 5. The number of nitrogens with two attached hydrogens (primary N) is 1. The van der Waals surface area contributed by atoms with Gasteiger partial charge in [0.05, 0.1) is 11.0 Å². The van der Waals surface area contributed by atoms with Gasteiger partial charge in [0, 0.05) is 12.7 Å². The number of anilines is 2. The van der Waals surface area contributed by atoms with Gasteiger partial charge in [0.25, 0.3) is 0 Å². The third-order valence-corrected chi connectivity index (χ3v) is 2.47. The van der Waals surface area contributed by atoms with Crippen molar-refractivity contribution in [3.05, 3.63) is 10.7 Å². The van der Waals surface area contributed by atoms with Gasteiger partial charge >= 0.3 is 0 Å². The molecule has 1 aromatic heterocycles. The Labute approximate surface area is 109 Å². The Morgan fingerprint density at radius 3 is 2.94 bits per heavy atom. The first-order valence-corrected chi connectivity index (χ1v) is 6.07. The van der Waals surface area contributed by atoms with E-state index in [1.54, 1.807) is 0 Å². The summed E-state index contributed by atoms with van der Waals surface area (Å²) in [7, 11) is 0. The van der Waals surface area contributed by atoms with Crippen molar-refractivity contribution in [3.63, 3.8) is 0 Å². The fraction of sp³-hybridized carbons (Fsp3) is 0.500. The molecule has 0 aliphatic carbocycles. The lowest BCUT2D eigenvalue weighted by Gasteiger charge is -2.09. The Bertz CT molecular complexity index is 396. The maximum absolute atomic E-state index is 11.5. The molecule has 0 atom stereocenters. The van der Waals surface area contributed by atoms with E-state index in [0.29, 0.717) is 22.8 Å². The van der Waals surface area contributed by atoms with Gasteiger partial charge in [0.2, 0.25) is 11.9 Å². The third-order valence-electron chi connectivity index (χ3n) is 1.89. The zero-order valence-electron chi connectivity index (χ0n) is 9.83. The molecular weight excluding hydrogens is 286 g/mol. The molecule has 17 heavy (non-hydrogen) atoms. The van der Waals surface area contributed by atoms with Crippen LogP contribution in [0.25, 0.3) is 0 Å². The number of aromatic nitrogens is 2. The Hall–Kier alpha value is -1.37. The number of nitrogens with zero attached hydrogens (tertiary/aromatic N) is 2. The number of halogens is 1. The van der Waals surface area contributed by atoms with E-state index in [1.165, 1.54) is 6.20 Å². The number of carbonyl (C=O) groups is 1. The fourth-order valence-electron chi connectivity index (χ4n) is 1.05. The van der Waals surface area contributed by atoms with Gasteiger partial charge < -0.3 is 16.4 Å². The van der Waals surface area contributed by atoms with Crippen LogP contribution in [0.1, 0.15) is 13.8 Å². The second-order valence-corrected chi connectivity index (χ2v) is 4.83. The summed E-state index contributed by atoms with van der Waals surface area (Å²) in [5, 5.41) is 5.68. The highest BCUT2D eigenvalue weighted by atomic mass is 79.9. The van der Waals surface area contributed by atoms with Crippen molar-refractivity contribution in [1.82, 2.24) is 15.3 Å². The highest BCUT2D eigenvalue weighted by molar-refractivity contribution is 9.10. The number of nitrogen functional groups attached to an aromatic ring is 1. The van der Waals surface area contributed by atoms with Gasteiger partial charge in [-0.3, -0.25) is 4.79 Å². The van der Waals surface area contributed by atoms with Crippen molar-refractivity contribution in [2.45, 2.75) is 13.8 Å². The van der Waals surface area contributed by atoms with E-state index < -0.39 is 0 Å². The predicted molar refractivity (Wildman–Crippen MR) is 70.5 cm³/mol. The molecule has 6 nitrogen and oxygen atoms in total. The molecule has 1 aromatic rings. The molecule has 0 radical (unpaired) electrons. The Balaban J connectivity index is 2.44. The largest absolute Gasteiger partial charge is 0.368 e. The SMILES string of the molecule is CC(C)CNC(=O)CNc1nc(N)ncc1Br. The van der Waals surface area contributed by atoms with Crippen molar-refractivity contribution in [2.75, 3.05) is 24.1 Å². The number of hydrogen-bond acceptors (Lipinski definition) is 5. The van der Waals surface area contributed by atoms with Gasteiger partial charge in [0.1, 0.15) is 5.82 Å². The summed E-state index contributed by atoms with van der Waals surface area (Å²) in [5.41, 5.74) is 5.45. The van der Waals surface area contributed by atoms with Gasteiger partial charge in [-0.05, 0) is 21.8 Å². The van der Waals surface area contributed by atoms with Crippen LogP contribution in [0.15, 0.2) is 10.7 Å². The van der Waals surface area contributed by atoms with Gasteiger partial charge in [-0.2, -0.15) is 4.98 Å². The van der Waals surface area contributed by atoms with Crippen molar-refractivity contribution in [2.24, 2.45) is 5.92 Å². The molecule has 4 N–H and O–H groups in total. The molecule has 7 heteroatoms. The number of carbonyl (C=O) groups excluding carboxylic acids is 1.